The molecule has 0 bridgehead atoms. The predicted octanol–water partition coefficient (Wildman–Crippen LogP) is 0.818. The lowest BCUT2D eigenvalue weighted by molar-refractivity contribution is -0.384. The number of nitrogens with zero attached hydrogens (tertiary/aromatic N) is 2. The minimum absolute atomic E-state index is 0.00163. The molecule has 9 nitrogen and oxygen atoms in total. The van der Waals surface area contributed by atoms with Crippen molar-refractivity contribution < 1.29 is 19.5 Å². The second-order valence-electron chi connectivity index (χ2n) is 5.87. The van der Waals surface area contributed by atoms with Crippen molar-refractivity contribution in [1.82, 2.24) is 10.6 Å². The Balaban J connectivity index is 1.86. The Morgan fingerprint density at radius 2 is 2.15 bits per heavy atom. The molecule has 1 aromatic rings. The maximum Gasteiger partial charge on any atom is 0.269 e. The standard InChI is InChI=1S/C17H26N4O5/c22-8-11-25-10-7-18-17(20-13-16-2-1-9-26-16)19-12-14-3-5-15(6-4-14)21(23)24/h3-6,16,22H,1-2,7-13H2,(H2,18,19,20). The van der Waals surface area contributed by atoms with E-state index in [4.69, 9.17) is 14.6 Å². The van der Waals surface area contributed by atoms with Crippen LogP contribution in [-0.2, 0) is 16.0 Å². The molecular formula is C17H26N4O5. The molecule has 1 unspecified atom stereocenters. The van der Waals surface area contributed by atoms with E-state index in [0.29, 0.717) is 38.8 Å². The van der Waals surface area contributed by atoms with Gasteiger partial charge in [0.05, 0.1) is 37.4 Å². The molecule has 1 heterocycles. The van der Waals surface area contributed by atoms with Crippen LogP contribution in [0.2, 0.25) is 0 Å². The molecule has 3 N–H and O–H groups in total. The molecule has 1 fully saturated rings. The van der Waals surface area contributed by atoms with Crippen molar-refractivity contribution in [2.75, 3.05) is 39.5 Å². The third-order valence-corrected chi connectivity index (χ3v) is 3.86. The van der Waals surface area contributed by atoms with E-state index in [-0.39, 0.29) is 18.4 Å². The smallest absolute Gasteiger partial charge is 0.269 e. The van der Waals surface area contributed by atoms with Gasteiger partial charge in [0, 0.05) is 31.8 Å². The lowest BCUT2D eigenvalue weighted by atomic mass is 10.2. The van der Waals surface area contributed by atoms with Gasteiger partial charge in [0.15, 0.2) is 5.96 Å². The second kappa shape index (κ2) is 11.4. The van der Waals surface area contributed by atoms with E-state index < -0.39 is 4.92 Å². The molecule has 0 spiro atoms. The largest absolute Gasteiger partial charge is 0.394 e. The summed E-state index contributed by atoms with van der Waals surface area (Å²) < 4.78 is 10.8. The zero-order chi connectivity index (χ0) is 18.6. The molecule has 0 aliphatic carbocycles. The first-order valence-corrected chi connectivity index (χ1v) is 8.75. The summed E-state index contributed by atoms with van der Waals surface area (Å²) in [5.41, 5.74) is 0.943. The Hall–Kier alpha value is -2.23. The van der Waals surface area contributed by atoms with Crippen LogP contribution in [0, 0.1) is 10.1 Å². The van der Waals surface area contributed by atoms with Crippen LogP contribution in [0.25, 0.3) is 0 Å². The molecule has 1 saturated heterocycles. The Kier molecular flexibility index (Phi) is 8.81. The fraction of sp³-hybridized carbons (Fsp3) is 0.588. The van der Waals surface area contributed by atoms with Crippen molar-refractivity contribution in [2.24, 2.45) is 4.99 Å². The van der Waals surface area contributed by atoms with E-state index in [0.717, 1.165) is 25.0 Å². The average molecular weight is 366 g/mol. The molecule has 0 amide bonds. The number of guanidine groups is 1. The SMILES string of the molecule is O=[N+]([O-])c1ccc(CN=C(NCCOCCO)NCC2CCCO2)cc1. The Morgan fingerprint density at radius 3 is 2.81 bits per heavy atom. The zero-order valence-corrected chi connectivity index (χ0v) is 14.7. The number of hydrogen-bond donors (Lipinski definition) is 3. The third-order valence-electron chi connectivity index (χ3n) is 3.86. The Labute approximate surface area is 152 Å². The number of non-ortho nitro benzene ring substituents is 1. The highest BCUT2D eigenvalue weighted by Crippen LogP contribution is 2.13. The first-order valence-electron chi connectivity index (χ1n) is 8.75. The summed E-state index contributed by atoms with van der Waals surface area (Å²) in [4.78, 5) is 14.8. The monoisotopic (exact) mass is 366 g/mol. The van der Waals surface area contributed by atoms with E-state index >= 15 is 0 Å². The number of nitro groups is 1. The number of hydrogen-bond acceptors (Lipinski definition) is 6. The van der Waals surface area contributed by atoms with Crippen LogP contribution in [0.3, 0.4) is 0 Å². The van der Waals surface area contributed by atoms with Crippen molar-refractivity contribution in [1.29, 1.82) is 0 Å². The number of nitro benzene ring substituents is 1. The highest BCUT2D eigenvalue weighted by molar-refractivity contribution is 5.79. The van der Waals surface area contributed by atoms with Gasteiger partial charge in [-0.25, -0.2) is 4.99 Å². The summed E-state index contributed by atoms with van der Waals surface area (Å²) in [6.45, 7) is 3.18. The number of nitrogens with one attached hydrogen (secondary N) is 2. The summed E-state index contributed by atoms with van der Waals surface area (Å²) in [5.74, 6) is 0.631. The first kappa shape index (κ1) is 20.1. The molecule has 9 heteroatoms. The Morgan fingerprint density at radius 1 is 1.35 bits per heavy atom. The van der Waals surface area contributed by atoms with E-state index in [1.54, 1.807) is 12.1 Å². The number of aliphatic hydroxyl groups excluding tert-OH is 1. The number of aliphatic imine (C=N–C) groups is 1. The summed E-state index contributed by atoms with van der Waals surface area (Å²) in [7, 11) is 0. The van der Waals surface area contributed by atoms with Crippen molar-refractivity contribution >= 4 is 11.6 Å². The van der Waals surface area contributed by atoms with Gasteiger partial charge in [0.1, 0.15) is 0 Å². The quantitative estimate of drug-likeness (QED) is 0.184. The van der Waals surface area contributed by atoms with Crippen LogP contribution in [-0.4, -0.2) is 61.6 Å². The van der Waals surface area contributed by atoms with Crippen LogP contribution < -0.4 is 10.6 Å². The van der Waals surface area contributed by atoms with Crippen molar-refractivity contribution in [3.05, 3.63) is 39.9 Å². The number of aliphatic hydroxyl groups is 1. The van der Waals surface area contributed by atoms with E-state index in [1.165, 1.54) is 12.1 Å². The molecule has 1 aliphatic heterocycles. The van der Waals surface area contributed by atoms with Crippen LogP contribution in [0.1, 0.15) is 18.4 Å². The molecule has 1 aromatic carbocycles. The number of rotatable bonds is 10. The fourth-order valence-corrected chi connectivity index (χ4v) is 2.49. The maximum atomic E-state index is 10.7. The minimum Gasteiger partial charge on any atom is -0.394 e. The third kappa shape index (κ3) is 7.34. The number of benzene rings is 1. The Bertz CT molecular complexity index is 573. The fourth-order valence-electron chi connectivity index (χ4n) is 2.49. The summed E-state index contributed by atoms with van der Waals surface area (Å²) in [6.07, 6.45) is 2.29. The lowest BCUT2D eigenvalue weighted by Gasteiger charge is -2.15. The molecule has 1 atom stereocenters. The lowest BCUT2D eigenvalue weighted by Crippen LogP contribution is -2.42. The highest BCUT2D eigenvalue weighted by Gasteiger charge is 2.15. The van der Waals surface area contributed by atoms with Crippen LogP contribution in [0.4, 0.5) is 5.69 Å². The molecule has 0 saturated carbocycles. The van der Waals surface area contributed by atoms with Crippen LogP contribution in [0.15, 0.2) is 29.3 Å². The van der Waals surface area contributed by atoms with Gasteiger partial charge in [-0.15, -0.1) is 0 Å². The molecule has 2 rings (SSSR count). The van der Waals surface area contributed by atoms with Crippen LogP contribution >= 0.6 is 0 Å². The molecular weight excluding hydrogens is 340 g/mol. The first-order chi connectivity index (χ1) is 12.7. The van der Waals surface area contributed by atoms with Crippen molar-refractivity contribution in [2.45, 2.75) is 25.5 Å². The van der Waals surface area contributed by atoms with Gasteiger partial charge in [-0.05, 0) is 18.4 Å². The van der Waals surface area contributed by atoms with Gasteiger partial charge >= 0.3 is 0 Å². The van der Waals surface area contributed by atoms with E-state index in [1.807, 2.05) is 0 Å². The van der Waals surface area contributed by atoms with Gasteiger partial charge < -0.3 is 25.2 Å². The van der Waals surface area contributed by atoms with Gasteiger partial charge in [-0.1, -0.05) is 12.1 Å². The van der Waals surface area contributed by atoms with Crippen molar-refractivity contribution in [3.63, 3.8) is 0 Å². The van der Waals surface area contributed by atoms with Gasteiger partial charge in [-0.2, -0.15) is 0 Å². The van der Waals surface area contributed by atoms with E-state index in [2.05, 4.69) is 15.6 Å². The molecule has 0 radical (unpaired) electrons. The second-order valence-corrected chi connectivity index (χ2v) is 5.87. The summed E-state index contributed by atoms with van der Waals surface area (Å²) in [5, 5.41) is 25.8. The maximum absolute atomic E-state index is 10.7. The highest BCUT2D eigenvalue weighted by atomic mass is 16.6. The van der Waals surface area contributed by atoms with Crippen LogP contribution in [0.5, 0.6) is 0 Å². The van der Waals surface area contributed by atoms with Gasteiger partial charge in [-0.3, -0.25) is 10.1 Å². The minimum atomic E-state index is -0.421. The topological polar surface area (TPSA) is 118 Å². The predicted molar refractivity (Wildman–Crippen MR) is 97.1 cm³/mol. The van der Waals surface area contributed by atoms with Gasteiger partial charge in [0.2, 0.25) is 0 Å². The normalized spacial score (nSPS) is 17.3. The zero-order valence-electron chi connectivity index (χ0n) is 14.7. The molecule has 0 aromatic heterocycles. The van der Waals surface area contributed by atoms with E-state index in [9.17, 15) is 10.1 Å². The number of ether oxygens (including phenoxy) is 2. The summed E-state index contributed by atoms with van der Waals surface area (Å²) in [6, 6.07) is 6.34. The van der Waals surface area contributed by atoms with Crippen molar-refractivity contribution in [3.8, 4) is 0 Å². The summed E-state index contributed by atoms with van der Waals surface area (Å²) >= 11 is 0. The molecule has 144 valence electrons. The van der Waals surface area contributed by atoms with Gasteiger partial charge in [0.25, 0.3) is 5.69 Å². The average Bonchev–Trinajstić information content (AvgIpc) is 3.17. The molecule has 26 heavy (non-hydrogen) atoms. The molecule has 1 aliphatic rings.